The number of hydrogen-bond donors (Lipinski definition) is 2. The Morgan fingerprint density at radius 3 is 2.15 bits per heavy atom. The van der Waals surface area contributed by atoms with Crippen molar-refractivity contribution >= 4 is 22.4 Å². The normalized spacial score (nSPS) is 22.2. The SMILES string of the molecule is CC1CCCN(Cc2cc(Nc3ncnc4ccccc34)cc(CN3CCCC(C)C3)c2O)C1. The number of hydrogen-bond acceptors (Lipinski definition) is 6. The lowest BCUT2D eigenvalue weighted by Gasteiger charge is -2.32. The molecule has 2 saturated heterocycles. The van der Waals surface area contributed by atoms with Crippen LogP contribution in [0.15, 0.2) is 42.7 Å². The van der Waals surface area contributed by atoms with Gasteiger partial charge in [0.15, 0.2) is 0 Å². The van der Waals surface area contributed by atoms with Gasteiger partial charge in [-0.3, -0.25) is 9.80 Å². The average molecular weight is 460 g/mol. The lowest BCUT2D eigenvalue weighted by Crippen LogP contribution is -2.34. The van der Waals surface area contributed by atoms with Gasteiger partial charge in [-0.25, -0.2) is 9.97 Å². The average Bonchev–Trinajstić information content (AvgIpc) is 2.82. The smallest absolute Gasteiger partial charge is 0.141 e. The summed E-state index contributed by atoms with van der Waals surface area (Å²) in [6.45, 7) is 10.6. The highest BCUT2D eigenvalue weighted by molar-refractivity contribution is 5.90. The number of benzene rings is 2. The molecule has 5 rings (SSSR count). The molecule has 2 fully saturated rings. The molecule has 0 spiro atoms. The van der Waals surface area contributed by atoms with Gasteiger partial charge in [0.05, 0.1) is 5.52 Å². The first-order chi connectivity index (χ1) is 16.5. The van der Waals surface area contributed by atoms with Crippen molar-refractivity contribution in [3.63, 3.8) is 0 Å². The zero-order valence-corrected chi connectivity index (χ0v) is 20.5. The van der Waals surface area contributed by atoms with Crippen LogP contribution >= 0.6 is 0 Å². The molecule has 2 aromatic carbocycles. The molecular formula is C28H37N5O. The Morgan fingerprint density at radius 1 is 0.912 bits per heavy atom. The van der Waals surface area contributed by atoms with E-state index in [1.54, 1.807) is 6.33 Å². The van der Waals surface area contributed by atoms with Crippen molar-refractivity contribution in [2.45, 2.75) is 52.6 Å². The van der Waals surface area contributed by atoms with E-state index in [4.69, 9.17) is 0 Å². The van der Waals surface area contributed by atoms with Crippen molar-refractivity contribution in [3.8, 4) is 5.75 Å². The quantitative estimate of drug-likeness (QED) is 0.472. The molecule has 2 aliphatic heterocycles. The van der Waals surface area contributed by atoms with Crippen molar-refractivity contribution in [2.75, 3.05) is 31.5 Å². The Balaban J connectivity index is 1.46. The number of anilines is 2. The topological polar surface area (TPSA) is 64.5 Å². The summed E-state index contributed by atoms with van der Waals surface area (Å²) in [6.07, 6.45) is 6.65. The number of phenols is 1. The molecular weight excluding hydrogens is 422 g/mol. The first kappa shape index (κ1) is 23.1. The third kappa shape index (κ3) is 5.34. The number of rotatable bonds is 6. The van der Waals surface area contributed by atoms with Gasteiger partial charge in [-0.1, -0.05) is 26.0 Å². The van der Waals surface area contributed by atoms with Gasteiger partial charge in [0.25, 0.3) is 0 Å². The molecule has 34 heavy (non-hydrogen) atoms. The summed E-state index contributed by atoms with van der Waals surface area (Å²) in [6, 6.07) is 12.3. The fraction of sp³-hybridized carbons (Fsp3) is 0.500. The molecule has 0 saturated carbocycles. The standard InChI is InChI=1S/C28H37N5O/c1-20-7-5-11-32(15-20)17-22-13-24(31-28-25-9-3-4-10-26(25)29-19-30-28)14-23(27(22)34)18-33-12-6-8-21(2)16-33/h3-4,9-10,13-14,19-21,34H,5-8,11-12,15-18H2,1-2H3,(H,29,30,31). The maximum atomic E-state index is 11.3. The third-order valence-electron chi connectivity index (χ3n) is 7.34. The van der Waals surface area contributed by atoms with E-state index in [2.05, 4.69) is 51.1 Å². The van der Waals surface area contributed by atoms with Crippen molar-refractivity contribution in [3.05, 3.63) is 53.9 Å². The first-order valence-electron chi connectivity index (χ1n) is 12.8. The van der Waals surface area contributed by atoms with Crippen molar-refractivity contribution < 1.29 is 5.11 Å². The minimum Gasteiger partial charge on any atom is -0.507 e. The maximum absolute atomic E-state index is 11.3. The van der Waals surface area contributed by atoms with Crippen LogP contribution in [-0.4, -0.2) is 51.1 Å². The number of piperidine rings is 2. The molecule has 1 aromatic heterocycles. The van der Waals surface area contributed by atoms with Crippen molar-refractivity contribution in [2.24, 2.45) is 11.8 Å². The molecule has 0 aliphatic carbocycles. The van der Waals surface area contributed by atoms with Crippen LogP contribution in [0.3, 0.4) is 0 Å². The second kappa shape index (κ2) is 10.3. The van der Waals surface area contributed by atoms with E-state index in [0.29, 0.717) is 17.6 Å². The molecule has 0 amide bonds. The van der Waals surface area contributed by atoms with E-state index in [0.717, 1.165) is 72.8 Å². The fourth-order valence-electron chi connectivity index (χ4n) is 5.66. The molecule has 3 aromatic rings. The van der Waals surface area contributed by atoms with E-state index in [1.165, 1.54) is 25.7 Å². The van der Waals surface area contributed by atoms with Crippen LogP contribution in [-0.2, 0) is 13.1 Å². The predicted molar refractivity (Wildman–Crippen MR) is 138 cm³/mol. The Hall–Kier alpha value is -2.70. The van der Waals surface area contributed by atoms with Gasteiger partial charge in [-0.15, -0.1) is 0 Å². The number of nitrogens with one attached hydrogen (secondary N) is 1. The molecule has 2 atom stereocenters. The monoisotopic (exact) mass is 459 g/mol. The van der Waals surface area contributed by atoms with Gasteiger partial charge >= 0.3 is 0 Å². The lowest BCUT2D eigenvalue weighted by atomic mass is 9.98. The van der Waals surface area contributed by atoms with Crippen LogP contribution in [0.4, 0.5) is 11.5 Å². The number of fused-ring (bicyclic) bond motifs is 1. The summed E-state index contributed by atoms with van der Waals surface area (Å²) in [5.74, 6) is 2.67. The highest BCUT2D eigenvalue weighted by Crippen LogP contribution is 2.33. The lowest BCUT2D eigenvalue weighted by molar-refractivity contribution is 0.171. The summed E-state index contributed by atoms with van der Waals surface area (Å²) < 4.78 is 0. The summed E-state index contributed by atoms with van der Waals surface area (Å²) >= 11 is 0. The molecule has 2 N–H and O–H groups in total. The van der Waals surface area contributed by atoms with Crippen LogP contribution in [0.25, 0.3) is 10.9 Å². The molecule has 3 heterocycles. The zero-order valence-electron chi connectivity index (χ0n) is 20.5. The van der Waals surface area contributed by atoms with E-state index in [9.17, 15) is 5.11 Å². The minimum atomic E-state index is 0.453. The van der Waals surface area contributed by atoms with E-state index in [1.807, 2.05) is 24.3 Å². The second-order valence-corrected chi connectivity index (χ2v) is 10.5. The number of likely N-dealkylation sites (tertiary alicyclic amines) is 2. The molecule has 2 aliphatic rings. The zero-order chi connectivity index (χ0) is 23.5. The highest BCUT2D eigenvalue weighted by atomic mass is 16.3. The van der Waals surface area contributed by atoms with Gasteiger partial charge in [-0.05, 0) is 74.9 Å². The number of nitrogens with zero attached hydrogens (tertiary/aromatic N) is 4. The van der Waals surface area contributed by atoms with Crippen LogP contribution in [0.1, 0.15) is 50.7 Å². The molecule has 0 bridgehead atoms. The second-order valence-electron chi connectivity index (χ2n) is 10.5. The van der Waals surface area contributed by atoms with E-state index < -0.39 is 0 Å². The highest BCUT2D eigenvalue weighted by Gasteiger charge is 2.22. The molecule has 6 nitrogen and oxygen atoms in total. The van der Waals surface area contributed by atoms with Gasteiger partial charge in [-0.2, -0.15) is 0 Å². The molecule has 180 valence electrons. The van der Waals surface area contributed by atoms with Crippen molar-refractivity contribution in [1.82, 2.24) is 19.8 Å². The Bertz CT molecular complexity index is 1080. The largest absolute Gasteiger partial charge is 0.507 e. The molecule has 2 unspecified atom stereocenters. The summed E-state index contributed by atoms with van der Waals surface area (Å²) in [5.41, 5.74) is 3.89. The summed E-state index contributed by atoms with van der Waals surface area (Å²) in [4.78, 5) is 13.9. The van der Waals surface area contributed by atoms with Crippen LogP contribution < -0.4 is 5.32 Å². The number of aromatic hydroxyl groups is 1. The number of phenolic OH excluding ortho intramolecular Hbond substituents is 1. The summed E-state index contributed by atoms with van der Waals surface area (Å²) in [5, 5.41) is 15.9. The third-order valence-corrected chi connectivity index (χ3v) is 7.34. The Morgan fingerprint density at radius 2 is 1.53 bits per heavy atom. The number of aromatic nitrogens is 2. The van der Waals surface area contributed by atoms with Gasteiger partial charge < -0.3 is 10.4 Å². The molecule has 0 radical (unpaired) electrons. The van der Waals surface area contributed by atoms with Gasteiger partial charge in [0.2, 0.25) is 0 Å². The number of para-hydroxylation sites is 1. The van der Waals surface area contributed by atoms with Gasteiger partial charge in [0, 0.05) is 48.4 Å². The van der Waals surface area contributed by atoms with Gasteiger partial charge in [0.1, 0.15) is 17.9 Å². The summed E-state index contributed by atoms with van der Waals surface area (Å²) in [7, 11) is 0. The molecule has 6 heteroatoms. The minimum absolute atomic E-state index is 0.453. The fourth-order valence-corrected chi connectivity index (χ4v) is 5.66. The maximum Gasteiger partial charge on any atom is 0.141 e. The van der Waals surface area contributed by atoms with E-state index in [-0.39, 0.29) is 0 Å². The first-order valence-corrected chi connectivity index (χ1v) is 12.8. The Kier molecular flexibility index (Phi) is 6.97. The predicted octanol–water partition coefficient (Wildman–Crippen LogP) is 5.54. The van der Waals surface area contributed by atoms with Crippen LogP contribution in [0, 0.1) is 11.8 Å². The Labute approximate surface area is 203 Å². The van der Waals surface area contributed by atoms with Crippen molar-refractivity contribution in [1.29, 1.82) is 0 Å². The van der Waals surface area contributed by atoms with E-state index >= 15 is 0 Å². The van der Waals surface area contributed by atoms with Crippen LogP contribution in [0.5, 0.6) is 5.75 Å². The van der Waals surface area contributed by atoms with Crippen LogP contribution in [0.2, 0.25) is 0 Å².